The van der Waals surface area contributed by atoms with Crippen molar-refractivity contribution in [3.8, 4) is 6.01 Å². The molecule has 24 heavy (non-hydrogen) atoms. The molecule has 1 atom stereocenters. The number of hydrogen-bond donors (Lipinski definition) is 1. The maximum absolute atomic E-state index is 12.7. The number of likely N-dealkylation sites (tertiary alicyclic amines) is 1. The summed E-state index contributed by atoms with van der Waals surface area (Å²) in [6, 6.07) is 0.224. The van der Waals surface area contributed by atoms with Gasteiger partial charge in [0, 0.05) is 46.1 Å². The van der Waals surface area contributed by atoms with Crippen LogP contribution < -0.4 is 10.1 Å². The molecule has 1 aromatic heterocycles. The normalized spacial score (nSPS) is 20.5. The first-order valence-corrected chi connectivity index (χ1v) is 7.94. The average molecular weight is 336 g/mol. The second-order valence-electron chi connectivity index (χ2n) is 5.85. The van der Waals surface area contributed by atoms with Gasteiger partial charge in [-0.2, -0.15) is 0 Å². The van der Waals surface area contributed by atoms with Gasteiger partial charge in [-0.05, 0) is 19.3 Å². The maximum atomic E-state index is 12.7. The second-order valence-corrected chi connectivity index (χ2v) is 5.85. The molecule has 1 aliphatic heterocycles. The van der Waals surface area contributed by atoms with Gasteiger partial charge in [0.2, 0.25) is 5.91 Å². The van der Waals surface area contributed by atoms with Crippen LogP contribution in [0.25, 0.3) is 0 Å². The van der Waals surface area contributed by atoms with Crippen LogP contribution in [0.1, 0.15) is 36.0 Å². The molecule has 0 aliphatic carbocycles. The number of carbonyl (C=O) groups is 2. The fourth-order valence-corrected chi connectivity index (χ4v) is 2.93. The minimum absolute atomic E-state index is 0.0292. The summed E-state index contributed by atoms with van der Waals surface area (Å²) in [5.74, 6) is -0.169. The van der Waals surface area contributed by atoms with Crippen molar-refractivity contribution in [2.45, 2.75) is 31.3 Å². The lowest BCUT2D eigenvalue weighted by atomic mass is 9.87. The number of methoxy groups -OCH3 is 2. The summed E-state index contributed by atoms with van der Waals surface area (Å²) in [6.45, 7) is 1.10. The van der Waals surface area contributed by atoms with Gasteiger partial charge in [-0.3, -0.25) is 9.59 Å². The van der Waals surface area contributed by atoms with Crippen molar-refractivity contribution >= 4 is 11.8 Å². The van der Waals surface area contributed by atoms with Gasteiger partial charge >= 0.3 is 6.01 Å². The molecule has 1 aromatic rings. The first-order chi connectivity index (χ1) is 11.5. The van der Waals surface area contributed by atoms with Crippen LogP contribution in [0.2, 0.25) is 0 Å². The fourth-order valence-electron chi connectivity index (χ4n) is 2.93. The van der Waals surface area contributed by atoms with E-state index in [0.717, 1.165) is 12.8 Å². The minimum atomic E-state index is -0.492. The standard InChI is InChI=1S/C16H24N4O4/c1-17-13(21)5-7-16(24-3)6-4-8-20(11-16)14(22)12-9-18-15(23-2)19-10-12/h9-10H,4-8,11H2,1-3H3,(H,17,21). The zero-order chi connectivity index (χ0) is 17.6. The Bertz CT molecular complexity index is 578. The summed E-state index contributed by atoms with van der Waals surface area (Å²) < 4.78 is 10.6. The molecule has 8 heteroatoms. The summed E-state index contributed by atoms with van der Waals surface area (Å²) in [5.41, 5.74) is -0.0812. The number of ether oxygens (including phenoxy) is 2. The molecule has 0 radical (unpaired) electrons. The number of piperidine rings is 1. The third-order valence-corrected chi connectivity index (χ3v) is 4.40. The van der Waals surface area contributed by atoms with Gasteiger partial charge in [-0.25, -0.2) is 9.97 Å². The Kier molecular flexibility index (Phi) is 6.08. The van der Waals surface area contributed by atoms with Gasteiger partial charge in [-0.1, -0.05) is 0 Å². The highest BCUT2D eigenvalue weighted by molar-refractivity contribution is 5.93. The average Bonchev–Trinajstić information content (AvgIpc) is 2.65. The van der Waals surface area contributed by atoms with E-state index in [0.29, 0.717) is 31.5 Å². The Morgan fingerprint density at radius 3 is 2.62 bits per heavy atom. The summed E-state index contributed by atoms with van der Waals surface area (Å²) in [4.78, 5) is 33.9. The fraction of sp³-hybridized carbons (Fsp3) is 0.625. The number of hydrogen-bond acceptors (Lipinski definition) is 6. The number of amides is 2. The lowest BCUT2D eigenvalue weighted by Gasteiger charge is -2.42. The van der Waals surface area contributed by atoms with E-state index in [1.54, 1.807) is 19.1 Å². The molecule has 1 fully saturated rings. The highest BCUT2D eigenvalue weighted by Gasteiger charge is 2.37. The van der Waals surface area contributed by atoms with Gasteiger partial charge < -0.3 is 19.7 Å². The molecule has 8 nitrogen and oxygen atoms in total. The highest BCUT2D eigenvalue weighted by Crippen LogP contribution is 2.30. The van der Waals surface area contributed by atoms with Crippen molar-refractivity contribution in [2.24, 2.45) is 0 Å². The van der Waals surface area contributed by atoms with Crippen LogP contribution in [-0.2, 0) is 9.53 Å². The maximum Gasteiger partial charge on any atom is 0.316 e. The van der Waals surface area contributed by atoms with E-state index in [-0.39, 0.29) is 17.8 Å². The topological polar surface area (TPSA) is 93.7 Å². The molecule has 132 valence electrons. The SMILES string of the molecule is CNC(=O)CCC1(OC)CCCN(C(=O)c2cnc(OC)nc2)C1. The number of aromatic nitrogens is 2. The van der Waals surface area contributed by atoms with Crippen LogP contribution in [-0.4, -0.2) is 66.6 Å². The number of carbonyl (C=O) groups excluding carboxylic acids is 2. The Hall–Kier alpha value is -2.22. The predicted molar refractivity (Wildman–Crippen MR) is 86.8 cm³/mol. The van der Waals surface area contributed by atoms with Crippen LogP contribution in [0.15, 0.2) is 12.4 Å². The number of nitrogens with zero attached hydrogens (tertiary/aromatic N) is 3. The molecule has 2 heterocycles. The molecule has 2 amide bonds. The van der Waals surface area contributed by atoms with Crippen molar-refractivity contribution in [2.75, 3.05) is 34.4 Å². The molecule has 2 rings (SSSR count). The second kappa shape index (κ2) is 8.05. The first-order valence-electron chi connectivity index (χ1n) is 7.94. The summed E-state index contributed by atoms with van der Waals surface area (Å²) in [6.07, 6.45) is 5.52. The third-order valence-electron chi connectivity index (χ3n) is 4.40. The van der Waals surface area contributed by atoms with Crippen LogP contribution in [0.5, 0.6) is 6.01 Å². The van der Waals surface area contributed by atoms with E-state index in [9.17, 15) is 9.59 Å². The third kappa shape index (κ3) is 4.19. The highest BCUT2D eigenvalue weighted by atomic mass is 16.5. The monoisotopic (exact) mass is 336 g/mol. The van der Waals surface area contributed by atoms with E-state index in [4.69, 9.17) is 9.47 Å². The zero-order valence-corrected chi connectivity index (χ0v) is 14.4. The Balaban J connectivity index is 2.06. The molecule has 1 unspecified atom stereocenters. The Labute approximate surface area is 141 Å². The molecule has 1 saturated heterocycles. The van der Waals surface area contributed by atoms with Crippen molar-refractivity contribution in [1.29, 1.82) is 0 Å². The lowest BCUT2D eigenvalue weighted by molar-refractivity contribution is -0.123. The van der Waals surface area contributed by atoms with Crippen molar-refractivity contribution < 1.29 is 19.1 Å². The van der Waals surface area contributed by atoms with Gasteiger partial charge in [0.05, 0.1) is 18.3 Å². The van der Waals surface area contributed by atoms with E-state index >= 15 is 0 Å². The van der Waals surface area contributed by atoms with Gasteiger partial charge in [-0.15, -0.1) is 0 Å². The Morgan fingerprint density at radius 2 is 2.04 bits per heavy atom. The molecule has 1 N–H and O–H groups in total. The van der Waals surface area contributed by atoms with E-state index < -0.39 is 5.60 Å². The van der Waals surface area contributed by atoms with E-state index in [1.807, 2.05) is 0 Å². The summed E-state index contributed by atoms with van der Waals surface area (Å²) in [7, 11) is 4.72. The molecule has 0 aromatic carbocycles. The zero-order valence-electron chi connectivity index (χ0n) is 14.4. The van der Waals surface area contributed by atoms with Gasteiger partial charge in [0.25, 0.3) is 5.91 Å². The van der Waals surface area contributed by atoms with Crippen molar-refractivity contribution in [1.82, 2.24) is 20.2 Å². The van der Waals surface area contributed by atoms with Crippen LogP contribution >= 0.6 is 0 Å². The molecule has 0 bridgehead atoms. The Morgan fingerprint density at radius 1 is 1.33 bits per heavy atom. The first kappa shape index (κ1) is 18.1. The smallest absolute Gasteiger partial charge is 0.316 e. The number of nitrogens with one attached hydrogen (secondary N) is 1. The quantitative estimate of drug-likeness (QED) is 0.819. The summed E-state index contributed by atoms with van der Waals surface area (Å²) >= 11 is 0. The van der Waals surface area contributed by atoms with Crippen LogP contribution in [0.3, 0.4) is 0 Å². The largest absolute Gasteiger partial charge is 0.467 e. The van der Waals surface area contributed by atoms with Crippen molar-refractivity contribution in [3.05, 3.63) is 18.0 Å². The predicted octanol–water partition coefficient (Wildman–Crippen LogP) is 0.633. The van der Waals surface area contributed by atoms with Crippen LogP contribution in [0, 0.1) is 0 Å². The molecule has 0 saturated carbocycles. The minimum Gasteiger partial charge on any atom is -0.467 e. The molecule has 1 aliphatic rings. The molecule has 0 spiro atoms. The molecular weight excluding hydrogens is 312 g/mol. The van der Waals surface area contributed by atoms with Crippen LogP contribution in [0.4, 0.5) is 0 Å². The van der Waals surface area contributed by atoms with E-state index in [1.165, 1.54) is 19.5 Å². The summed E-state index contributed by atoms with van der Waals surface area (Å²) in [5, 5.41) is 2.61. The van der Waals surface area contributed by atoms with E-state index in [2.05, 4.69) is 15.3 Å². The van der Waals surface area contributed by atoms with Crippen molar-refractivity contribution in [3.63, 3.8) is 0 Å². The molecular formula is C16H24N4O4. The number of rotatable bonds is 6. The van der Waals surface area contributed by atoms with Gasteiger partial charge in [0.15, 0.2) is 0 Å². The van der Waals surface area contributed by atoms with Gasteiger partial charge in [0.1, 0.15) is 0 Å². The lowest BCUT2D eigenvalue weighted by Crippen LogP contribution is -2.51.